The van der Waals surface area contributed by atoms with E-state index >= 15 is 0 Å². The molecule has 3 heteroatoms. The van der Waals surface area contributed by atoms with Crippen molar-refractivity contribution >= 4 is 15.9 Å². The van der Waals surface area contributed by atoms with Gasteiger partial charge in [0.25, 0.3) is 0 Å². The fourth-order valence-electron chi connectivity index (χ4n) is 1.37. The zero-order valence-corrected chi connectivity index (χ0v) is 10.2. The van der Waals surface area contributed by atoms with Gasteiger partial charge in [0.2, 0.25) is 0 Å². The molecule has 0 aliphatic heterocycles. The Balaban J connectivity index is 2.64. The number of nitrogens with one attached hydrogen (secondary N) is 1. The molecule has 1 aromatic rings. The van der Waals surface area contributed by atoms with E-state index in [9.17, 15) is 0 Å². The van der Waals surface area contributed by atoms with Crippen molar-refractivity contribution in [1.29, 1.82) is 0 Å². The molecule has 1 aromatic carbocycles. The quantitative estimate of drug-likeness (QED) is 0.869. The molecule has 0 aromatic heterocycles. The monoisotopic (exact) mass is 256 g/mol. The molecule has 78 valence electrons. The highest BCUT2D eigenvalue weighted by molar-refractivity contribution is 9.10. The molecule has 1 rings (SSSR count). The van der Waals surface area contributed by atoms with E-state index in [1.54, 1.807) is 0 Å². The van der Waals surface area contributed by atoms with Gasteiger partial charge in [-0.1, -0.05) is 28.1 Å². The summed E-state index contributed by atoms with van der Waals surface area (Å²) < 4.78 is 1.11. The van der Waals surface area contributed by atoms with Crippen LogP contribution >= 0.6 is 15.9 Å². The second-order valence-corrected chi connectivity index (χ2v) is 4.50. The van der Waals surface area contributed by atoms with Crippen LogP contribution in [-0.4, -0.2) is 12.6 Å². The molecule has 0 heterocycles. The van der Waals surface area contributed by atoms with E-state index in [4.69, 9.17) is 5.73 Å². The lowest BCUT2D eigenvalue weighted by Crippen LogP contribution is -2.34. The van der Waals surface area contributed by atoms with Gasteiger partial charge in [-0.05, 0) is 31.5 Å². The van der Waals surface area contributed by atoms with Crippen LogP contribution in [0.25, 0.3) is 0 Å². The van der Waals surface area contributed by atoms with Crippen molar-refractivity contribution in [3.8, 4) is 0 Å². The van der Waals surface area contributed by atoms with Crippen LogP contribution < -0.4 is 11.1 Å². The minimum atomic E-state index is 0.339. The highest BCUT2D eigenvalue weighted by Gasteiger charge is 2.07. The fraction of sp³-hybridized carbons (Fsp3) is 0.455. The van der Waals surface area contributed by atoms with Gasteiger partial charge in [-0.25, -0.2) is 0 Å². The van der Waals surface area contributed by atoms with Gasteiger partial charge < -0.3 is 11.1 Å². The number of halogens is 1. The lowest BCUT2D eigenvalue weighted by molar-refractivity contribution is 0.485. The topological polar surface area (TPSA) is 38.0 Å². The van der Waals surface area contributed by atoms with Gasteiger partial charge >= 0.3 is 0 Å². The van der Waals surface area contributed by atoms with E-state index in [1.807, 2.05) is 12.1 Å². The molecule has 0 aliphatic carbocycles. The molecule has 0 aliphatic rings. The van der Waals surface area contributed by atoms with E-state index in [-0.39, 0.29) is 0 Å². The number of nitrogens with two attached hydrogens (primary N) is 1. The standard InChI is InChI=1S/C11H17BrN2/c1-8(7-13)14-9(2)10-4-3-5-11(12)6-10/h3-6,8-9,14H,7,13H2,1-2H3/t8?,9-/m1/s1. The smallest absolute Gasteiger partial charge is 0.0295 e. The molecule has 0 amide bonds. The highest BCUT2D eigenvalue weighted by atomic mass is 79.9. The summed E-state index contributed by atoms with van der Waals surface area (Å²) in [5, 5.41) is 3.43. The van der Waals surface area contributed by atoms with Crippen molar-refractivity contribution in [3.05, 3.63) is 34.3 Å². The van der Waals surface area contributed by atoms with Crippen LogP contribution in [0.4, 0.5) is 0 Å². The maximum absolute atomic E-state index is 5.56. The summed E-state index contributed by atoms with van der Waals surface area (Å²) in [5.74, 6) is 0. The number of hydrogen-bond acceptors (Lipinski definition) is 2. The molecule has 0 saturated heterocycles. The van der Waals surface area contributed by atoms with Crippen molar-refractivity contribution in [3.63, 3.8) is 0 Å². The van der Waals surface area contributed by atoms with E-state index < -0.39 is 0 Å². The number of benzene rings is 1. The summed E-state index contributed by atoms with van der Waals surface area (Å²) in [7, 11) is 0. The molecule has 14 heavy (non-hydrogen) atoms. The average molecular weight is 257 g/mol. The van der Waals surface area contributed by atoms with Crippen LogP contribution in [-0.2, 0) is 0 Å². The van der Waals surface area contributed by atoms with Crippen molar-refractivity contribution < 1.29 is 0 Å². The van der Waals surface area contributed by atoms with E-state index in [0.717, 1.165) is 4.47 Å². The Morgan fingerprint density at radius 1 is 1.43 bits per heavy atom. The third-order valence-electron chi connectivity index (χ3n) is 2.24. The second-order valence-electron chi connectivity index (χ2n) is 3.58. The summed E-state index contributed by atoms with van der Waals surface area (Å²) >= 11 is 3.46. The predicted octanol–water partition coefficient (Wildman–Crippen LogP) is 2.45. The Morgan fingerprint density at radius 3 is 2.71 bits per heavy atom. The lowest BCUT2D eigenvalue weighted by atomic mass is 10.1. The normalized spacial score (nSPS) is 15.1. The van der Waals surface area contributed by atoms with Gasteiger partial charge in [-0.2, -0.15) is 0 Å². The maximum atomic E-state index is 5.56. The summed E-state index contributed by atoms with van der Waals surface area (Å²) in [6.07, 6.45) is 0. The Hall–Kier alpha value is -0.380. The summed E-state index contributed by atoms with van der Waals surface area (Å²) in [4.78, 5) is 0. The van der Waals surface area contributed by atoms with Crippen molar-refractivity contribution in [1.82, 2.24) is 5.32 Å². The third kappa shape index (κ3) is 3.40. The molecule has 0 fully saturated rings. The predicted molar refractivity (Wildman–Crippen MR) is 64.2 cm³/mol. The van der Waals surface area contributed by atoms with Gasteiger partial charge in [0, 0.05) is 23.1 Å². The molecule has 3 N–H and O–H groups in total. The molecule has 2 atom stereocenters. The first kappa shape index (κ1) is 11.7. The van der Waals surface area contributed by atoms with Crippen LogP contribution in [0.3, 0.4) is 0 Å². The first-order valence-electron chi connectivity index (χ1n) is 4.85. The maximum Gasteiger partial charge on any atom is 0.0295 e. The molecule has 0 spiro atoms. The van der Waals surface area contributed by atoms with Crippen molar-refractivity contribution in [2.45, 2.75) is 25.9 Å². The van der Waals surface area contributed by atoms with E-state index in [0.29, 0.717) is 18.6 Å². The number of rotatable bonds is 4. The van der Waals surface area contributed by atoms with E-state index in [2.05, 4.69) is 47.2 Å². The molecule has 0 radical (unpaired) electrons. The largest absolute Gasteiger partial charge is 0.329 e. The molecule has 2 nitrogen and oxygen atoms in total. The van der Waals surface area contributed by atoms with Crippen molar-refractivity contribution in [2.24, 2.45) is 5.73 Å². The van der Waals surface area contributed by atoms with Crippen LogP contribution in [0.5, 0.6) is 0 Å². The van der Waals surface area contributed by atoms with Gasteiger partial charge in [0.15, 0.2) is 0 Å². The number of hydrogen-bond donors (Lipinski definition) is 2. The molecular formula is C11H17BrN2. The Kier molecular flexibility index (Phi) is 4.58. The summed E-state index contributed by atoms with van der Waals surface area (Å²) in [6.45, 7) is 4.90. The highest BCUT2D eigenvalue weighted by Crippen LogP contribution is 2.17. The Bertz CT molecular complexity index is 288. The van der Waals surface area contributed by atoms with Crippen LogP contribution in [0.15, 0.2) is 28.7 Å². The molecule has 0 saturated carbocycles. The second kappa shape index (κ2) is 5.49. The van der Waals surface area contributed by atoms with Gasteiger partial charge in [0.1, 0.15) is 0 Å². The first-order chi connectivity index (χ1) is 6.63. The summed E-state index contributed by atoms with van der Waals surface area (Å²) in [6, 6.07) is 9.01. The minimum Gasteiger partial charge on any atom is -0.329 e. The van der Waals surface area contributed by atoms with Gasteiger partial charge in [0.05, 0.1) is 0 Å². The van der Waals surface area contributed by atoms with Crippen molar-refractivity contribution in [2.75, 3.05) is 6.54 Å². The third-order valence-corrected chi connectivity index (χ3v) is 2.73. The Labute approximate surface area is 94.0 Å². The van der Waals surface area contributed by atoms with Crippen LogP contribution in [0, 0.1) is 0 Å². The minimum absolute atomic E-state index is 0.339. The zero-order chi connectivity index (χ0) is 10.6. The fourth-order valence-corrected chi connectivity index (χ4v) is 1.78. The van der Waals surface area contributed by atoms with Gasteiger partial charge in [-0.15, -0.1) is 0 Å². The first-order valence-corrected chi connectivity index (χ1v) is 5.64. The summed E-state index contributed by atoms with van der Waals surface area (Å²) in [5.41, 5.74) is 6.83. The lowest BCUT2D eigenvalue weighted by Gasteiger charge is -2.19. The van der Waals surface area contributed by atoms with Gasteiger partial charge in [-0.3, -0.25) is 0 Å². The van der Waals surface area contributed by atoms with Crippen LogP contribution in [0.2, 0.25) is 0 Å². The molecule has 1 unspecified atom stereocenters. The SMILES string of the molecule is CC(CN)N[C@H](C)c1cccc(Br)c1. The van der Waals surface area contributed by atoms with E-state index in [1.165, 1.54) is 5.56 Å². The zero-order valence-electron chi connectivity index (χ0n) is 8.63. The molecular weight excluding hydrogens is 240 g/mol. The average Bonchev–Trinajstić information content (AvgIpc) is 2.17. The van der Waals surface area contributed by atoms with Crippen LogP contribution in [0.1, 0.15) is 25.5 Å². The molecule has 0 bridgehead atoms. The Morgan fingerprint density at radius 2 is 2.14 bits per heavy atom.